The topological polar surface area (TPSA) is 73.2 Å². The smallest absolute Gasteiger partial charge is 0.383 e. The summed E-state index contributed by atoms with van der Waals surface area (Å²) in [6, 6.07) is 10.2. The number of halogens is 3. The largest absolute Gasteiger partial charge is 0.416 e. The maximum absolute atomic E-state index is 12.9. The van der Waals surface area contributed by atoms with Gasteiger partial charge in [-0.15, -0.1) is 0 Å². The van der Waals surface area contributed by atoms with Crippen molar-refractivity contribution in [3.05, 3.63) is 75.8 Å². The lowest BCUT2D eigenvalue weighted by atomic mass is 10.1. The van der Waals surface area contributed by atoms with Crippen molar-refractivity contribution in [1.82, 2.24) is 14.9 Å². The highest BCUT2D eigenvalue weighted by Gasteiger charge is 2.31. The quantitative estimate of drug-likeness (QED) is 0.663. The molecule has 0 spiro atoms. The number of alkyl halides is 3. The number of nitrogens with one attached hydrogen (secondary N) is 1. The molecule has 9 heteroatoms. The Kier molecular flexibility index (Phi) is 6.21. The lowest BCUT2D eigenvalue weighted by Crippen LogP contribution is -2.34. The van der Waals surface area contributed by atoms with Crippen LogP contribution in [0.25, 0.3) is 10.9 Å². The van der Waals surface area contributed by atoms with Crippen LogP contribution in [0, 0.1) is 0 Å². The van der Waals surface area contributed by atoms with Crippen LogP contribution in [-0.4, -0.2) is 29.2 Å². The fraction of sp³-hybridized carbons (Fsp3) is 0.286. The summed E-state index contributed by atoms with van der Waals surface area (Å²) in [6.07, 6.45) is -4.55. The van der Waals surface area contributed by atoms with Gasteiger partial charge in [0.05, 0.1) is 35.7 Å². The molecular weight excluding hydrogens is 399 g/mol. The Morgan fingerprint density at radius 3 is 2.63 bits per heavy atom. The number of benzene rings is 2. The summed E-state index contributed by atoms with van der Waals surface area (Å²) in [5, 5.41) is 3.06. The van der Waals surface area contributed by atoms with E-state index in [1.54, 1.807) is 31.2 Å². The minimum absolute atomic E-state index is 0.136. The Hall–Kier alpha value is -3.20. The number of fused-ring (bicyclic) bond motifs is 1. The molecule has 1 amide bonds. The second kappa shape index (κ2) is 8.66. The van der Waals surface area contributed by atoms with E-state index < -0.39 is 23.7 Å². The molecule has 0 saturated heterocycles. The average Bonchev–Trinajstić information content (AvgIpc) is 2.72. The van der Waals surface area contributed by atoms with Gasteiger partial charge in [-0.05, 0) is 37.3 Å². The van der Waals surface area contributed by atoms with Gasteiger partial charge in [-0.1, -0.05) is 18.2 Å². The van der Waals surface area contributed by atoms with E-state index in [-0.39, 0.29) is 30.1 Å². The standard InChI is InChI=1S/C21H20F3N3O3/c1-13(25-19(28)14-6-5-7-15(12-14)21(22,23)24)18-26-17-9-4-3-8-16(17)20(29)27(18)10-11-30-2/h3-9,12-13H,10-11H2,1-2H3,(H,25,28)/t13-/m0/s1. The van der Waals surface area contributed by atoms with Crippen molar-refractivity contribution in [2.75, 3.05) is 13.7 Å². The van der Waals surface area contributed by atoms with Crippen molar-refractivity contribution in [1.29, 1.82) is 0 Å². The van der Waals surface area contributed by atoms with E-state index in [2.05, 4.69) is 10.3 Å². The third-order valence-corrected chi connectivity index (χ3v) is 4.60. The highest BCUT2D eigenvalue weighted by molar-refractivity contribution is 5.94. The van der Waals surface area contributed by atoms with Gasteiger partial charge in [0.2, 0.25) is 0 Å². The summed E-state index contributed by atoms with van der Waals surface area (Å²) >= 11 is 0. The summed E-state index contributed by atoms with van der Waals surface area (Å²) in [5.41, 5.74) is -0.869. The first-order valence-electron chi connectivity index (χ1n) is 9.19. The predicted molar refractivity (Wildman–Crippen MR) is 105 cm³/mol. The summed E-state index contributed by atoms with van der Waals surface area (Å²) in [5.74, 6) is -0.412. The Labute approximate surface area is 170 Å². The summed E-state index contributed by atoms with van der Waals surface area (Å²) in [6.45, 7) is 2.08. The predicted octanol–water partition coefficient (Wildman–Crippen LogP) is 3.55. The number of rotatable bonds is 6. The van der Waals surface area contributed by atoms with E-state index in [1.165, 1.54) is 23.8 Å². The molecule has 6 nitrogen and oxygen atoms in total. The van der Waals surface area contributed by atoms with Crippen LogP contribution in [-0.2, 0) is 17.5 Å². The van der Waals surface area contributed by atoms with Gasteiger partial charge < -0.3 is 10.1 Å². The molecule has 0 bridgehead atoms. The number of amides is 1. The number of aromatic nitrogens is 2. The summed E-state index contributed by atoms with van der Waals surface area (Å²) < 4.78 is 45.3. The fourth-order valence-electron chi connectivity index (χ4n) is 3.10. The second-order valence-electron chi connectivity index (χ2n) is 6.71. The molecule has 1 heterocycles. The van der Waals surface area contributed by atoms with Crippen LogP contribution in [0.5, 0.6) is 0 Å². The molecule has 158 valence electrons. The number of methoxy groups -OCH3 is 1. The normalized spacial score (nSPS) is 12.7. The van der Waals surface area contributed by atoms with Crippen LogP contribution in [0.15, 0.2) is 53.3 Å². The lowest BCUT2D eigenvalue weighted by Gasteiger charge is -2.19. The maximum atomic E-state index is 12.9. The zero-order valence-electron chi connectivity index (χ0n) is 16.4. The number of ether oxygens (including phenoxy) is 1. The van der Waals surface area contributed by atoms with Gasteiger partial charge in [-0.3, -0.25) is 14.2 Å². The van der Waals surface area contributed by atoms with Crippen molar-refractivity contribution in [3.8, 4) is 0 Å². The first-order valence-corrected chi connectivity index (χ1v) is 9.19. The van der Waals surface area contributed by atoms with Crippen molar-refractivity contribution in [2.24, 2.45) is 0 Å². The Morgan fingerprint density at radius 1 is 1.20 bits per heavy atom. The van der Waals surface area contributed by atoms with Gasteiger partial charge in [0.15, 0.2) is 0 Å². The fourth-order valence-corrected chi connectivity index (χ4v) is 3.10. The van der Waals surface area contributed by atoms with E-state index in [9.17, 15) is 22.8 Å². The number of carbonyl (C=O) groups excluding carboxylic acids is 1. The minimum Gasteiger partial charge on any atom is -0.383 e. The van der Waals surface area contributed by atoms with Crippen LogP contribution >= 0.6 is 0 Å². The van der Waals surface area contributed by atoms with E-state index in [0.29, 0.717) is 10.9 Å². The van der Waals surface area contributed by atoms with Gasteiger partial charge >= 0.3 is 6.18 Å². The Bertz CT molecular complexity index is 1130. The van der Waals surface area contributed by atoms with Crippen molar-refractivity contribution < 1.29 is 22.7 Å². The van der Waals surface area contributed by atoms with E-state index in [1.807, 2.05) is 0 Å². The Balaban J connectivity index is 1.95. The van der Waals surface area contributed by atoms with Crippen molar-refractivity contribution in [2.45, 2.75) is 25.7 Å². The number of para-hydroxylation sites is 1. The zero-order chi connectivity index (χ0) is 21.9. The number of nitrogens with zero attached hydrogens (tertiary/aromatic N) is 2. The monoisotopic (exact) mass is 419 g/mol. The number of carbonyl (C=O) groups is 1. The van der Waals surface area contributed by atoms with Gasteiger partial charge in [-0.25, -0.2) is 4.98 Å². The third-order valence-electron chi connectivity index (χ3n) is 4.60. The van der Waals surface area contributed by atoms with Crippen LogP contribution < -0.4 is 10.9 Å². The average molecular weight is 419 g/mol. The third kappa shape index (κ3) is 4.51. The number of hydrogen-bond acceptors (Lipinski definition) is 4. The number of hydrogen-bond donors (Lipinski definition) is 1. The Morgan fingerprint density at radius 2 is 1.93 bits per heavy atom. The van der Waals surface area contributed by atoms with Gasteiger partial charge in [-0.2, -0.15) is 13.2 Å². The molecule has 3 rings (SSSR count). The maximum Gasteiger partial charge on any atom is 0.416 e. The lowest BCUT2D eigenvalue weighted by molar-refractivity contribution is -0.137. The van der Waals surface area contributed by atoms with Gasteiger partial charge in [0.1, 0.15) is 5.82 Å². The molecule has 3 aromatic rings. The minimum atomic E-state index is -4.55. The zero-order valence-corrected chi connectivity index (χ0v) is 16.4. The molecular formula is C21H20F3N3O3. The van der Waals surface area contributed by atoms with Crippen LogP contribution in [0.4, 0.5) is 13.2 Å². The van der Waals surface area contributed by atoms with Crippen molar-refractivity contribution >= 4 is 16.8 Å². The first kappa shape index (κ1) is 21.5. The van der Waals surface area contributed by atoms with E-state index in [4.69, 9.17) is 4.74 Å². The molecule has 0 aliphatic rings. The van der Waals surface area contributed by atoms with Crippen LogP contribution in [0.1, 0.15) is 34.7 Å². The van der Waals surface area contributed by atoms with Crippen molar-refractivity contribution in [3.63, 3.8) is 0 Å². The first-order chi connectivity index (χ1) is 14.2. The molecule has 1 N–H and O–H groups in total. The summed E-state index contributed by atoms with van der Waals surface area (Å²) in [7, 11) is 1.50. The van der Waals surface area contributed by atoms with Gasteiger partial charge in [0, 0.05) is 12.7 Å². The molecule has 0 radical (unpaired) electrons. The van der Waals surface area contributed by atoms with Crippen LogP contribution in [0.3, 0.4) is 0 Å². The van der Waals surface area contributed by atoms with Crippen LogP contribution in [0.2, 0.25) is 0 Å². The SMILES string of the molecule is COCCn1c([C@H](C)NC(=O)c2cccc(C(F)(F)F)c2)nc2ccccc2c1=O. The molecule has 30 heavy (non-hydrogen) atoms. The summed E-state index contributed by atoms with van der Waals surface area (Å²) in [4.78, 5) is 30.0. The molecule has 1 aromatic heterocycles. The molecule has 0 aliphatic heterocycles. The molecule has 1 atom stereocenters. The second-order valence-corrected chi connectivity index (χ2v) is 6.71. The molecule has 0 unspecified atom stereocenters. The van der Waals surface area contributed by atoms with E-state index >= 15 is 0 Å². The highest BCUT2D eigenvalue weighted by atomic mass is 19.4. The molecule has 0 fully saturated rings. The highest BCUT2D eigenvalue weighted by Crippen LogP contribution is 2.29. The van der Waals surface area contributed by atoms with Gasteiger partial charge in [0.25, 0.3) is 11.5 Å². The van der Waals surface area contributed by atoms with E-state index in [0.717, 1.165) is 12.1 Å². The molecule has 0 saturated carbocycles. The molecule has 2 aromatic carbocycles. The molecule has 0 aliphatic carbocycles.